The Morgan fingerprint density at radius 1 is 1.04 bits per heavy atom. The van der Waals surface area contributed by atoms with Crippen molar-refractivity contribution < 1.29 is 14.3 Å². The van der Waals surface area contributed by atoms with Gasteiger partial charge in [-0.15, -0.1) is 0 Å². The molecule has 0 aromatic heterocycles. The highest BCUT2D eigenvalue weighted by Gasteiger charge is 2.18. The third-order valence-electron chi connectivity index (χ3n) is 4.02. The average Bonchev–Trinajstić information content (AvgIpc) is 2.60. The van der Waals surface area contributed by atoms with Crippen LogP contribution in [0.4, 0.5) is 0 Å². The largest absolute Gasteiger partial charge is 0.491 e. The lowest BCUT2D eigenvalue weighted by molar-refractivity contribution is -0.128. The zero-order valence-corrected chi connectivity index (χ0v) is 16.3. The molecule has 0 saturated heterocycles. The average molecular weight is 355 g/mol. The summed E-state index contributed by atoms with van der Waals surface area (Å²) in [6.07, 6.45) is 0.258. The van der Waals surface area contributed by atoms with Gasteiger partial charge >= 0.3 is 0 Å². The number of aryl methyl sites for hydroxylation is 2. The van der Waals surface area contributed by atoms with E-state index in [1.54, 1.807) is 0 Å². The van der Waals surface area contributed by atoms with Crippen molar-refractivity contribution in [3.8, 4) is 11.5 Å². The van der Waals surface area contributed by atoms with Gasteiger partial charge in [-0.3, -0.25) is 4.79 Å². The topological polar surface area (TPSA) is 47.6 Å². The fourth-order valence-electron chi connectivity index (χ4n) is 2.67. The lowest BCUT2D eigenvalue weighted by Crippen LogP contribution is -2.37. The number of benzene rings is 2. The molecule has 1 unspecified atom stereocenters. The standard InChI is InChI=1S/C22H29NO3/c1-6-20(26-21-12-7-16(4)13-17(21)5)22(24)23-14-18-8-10-19(11-9-18)25-15(2)3/h7-13,15,20H,6,14H2,1-5H3,(H,23,24). The van der Waals surface area contributed by atoms with Crippen molar-refractivity contribution in [3.63, 3.8) is 0 Å². The van der Waals surface area contributed by atoms with E-state index in [0.717, 1.165) is 22.6 Å². The van der Waals surface area contributed by atoms with E-state index in [0.29, 0.717) is 13.0 Å². The van der Waals surface area contributed by atoms with Crippen LogP contribution in [0.15, 0.2) is 42.5 Å². The van der Waals surface area contributed by atoms with E-state index in [-0.39, 0.29) is 12.0 Å². The molecule has 0 aliphatic rings. The van der Waals surface area contributed by atoms with Crippen LogP contribution in [-0.2, 0) is 11.3 Å². The monoisotopic (exact) mass is 355 g/mol. The van der Waals surface area contributed by atoms with Gasteiger partial charge in [0.1, 0.15) is 11.5 Å². The second-order valence-corrected chi connectivity index (χ2v) is 6.81. The van der Waals surface area contributed by atoms with Crippen LogP contribution < -0.4 is 14.8 Å². The Morgan fingerprint density at radius 3 is 2.31 bits per heavy atom. The maximum atomic E-state index is 12.5. The van der Waals surface area contributed by atoms with Gasteiger partial charge in [0.25, 0.3) is 5.91 Å². The van der Waals surface area contributed by atoms with Crippen molar-refractivity contribution in [1.29, 1.82) is 0 Å². The molecular formula is C22H29NO3. The number of carbonyl (C=O) groups is 1. The highest BCUT2D eigenvalue weighted by Crippen LogP contribution is 2.21. The van der Waals surface area contributed by atoms with Gasteiger partial charge in [0, 0.05) is 6.54 Å². The summed E-state index contributed by atoms with van der Waals surface area (Å²) in [6, 6.07) is 13.7. The van der Waals surface area contributed by atoms with Gasteiger partial charge in [-0.25, -0.2) is 0 Å². The summed E-state index contributed by atoms with van der Waals surface area (Å²) in [4.78, 5) is 12.5. The Hall–Kier alpha value is -2.49. The predicted molar refractivity (Wildman–Crippen MR) is 105 cm³/mol. The molecule has 2 aromatic carbocycles. The first-order valence-electron chi connectivity index (χ1n) is 9.16. The molecule has 140 valence electrons. The van der Waals surface area contributed by atoms with Crippen LogP contribution in [0, 0.1) is 13.8 Å². The molecular weight excluding hydrogens is 326 g/mol. The Morgan fingerprint density at radius 2 is 1.73 bits per heavy atom. The fourth-order valence-corrected chi connectivity index (χ4v) is 2.67. The molecule has 0 aliphatic heterocycles. The minimum absolute atomic E-state index is 0.102. The lowest BCUT2D eigenvalue weighted by Gasteiger charge is -2.19. The molecule has 1 N–H and O–H groups in total. The first-order chi connectivity index (χ1) is 12.4. The number of hydrogen-bond donors (Lipinski definition) is 1. The van der Waals surface area contributed by atoms with Crippen LogP contribution in [0.1, 0.15) is 43.9 Å². The summed E-state index contributed by atoms with van der Waals surface area (Å²) in [5.74, 6) is 1.49. The molecule has 26 heavy (non-hydrogen) atoms. The third kappa shape index (κ3) is 5.80. The summed E-state index contributed by atoms with van der Waals surface area (Å²) in [7, 11) is 0. The molecule has 0 heterocycles. The van der Waals surface area contributed by atoms with Crippen molar-refractivity contribution in [2.24, 2.45) is 0 Å². The SMILES string of the molecule is CCC(Oc1ccc(C)cc1C)C(=O)NCc1ccc(OC(C)C)cc1. The predicted octanol–water partition coefficient (Wildman–Crippen LogP) is 4.56. The van der Waals surface area contributed by atoms with E-state index in [1.807, 2.05) is 71.0 Å². The number of ether oxygens (including phenoxy) is 2. The molecule has 0 saturated carbocycles. The van der Waals surface area contributed by atoms with Gasteiger partial charge < -0.3 is 14.8 Å². The van der Waals surface area contributed by atoms with Gasteiger partial charge in [-0.1, -0.05) is 36.8 Å². The molecule has 1 amide bonds. The molecule has 2 aromatic rings. The highest BCUT2D eigenvalue weighted by atomic mass is 16.5. The van der Waals surface area contributed by atoms with Crippen LogP contribution in [-0.4, -0.2) is 18.1 Å². The zero-order chi connectivity index (χ0) is 19.1. The van der Waals surface area contributed by atoms with Crippen LogP contribution in [0.5, 0.6) is 11.5 Å². The van der Waals surface area contributed by atoms with E-state index in [1.165, 1.54) is 5.56 Å². The number of nitrogens with one attached hydrogen (secondary N) is 1. The molecule has 1 atom stereocenters. The van der Waals surface area contributed by atoms with Gasteiger partial charge in [-0.2, -0.15) is 0 Å². The maximum absolute atomic E-state index is 12.5. The van der Waals surface area contributed by atoms with Crippen molar-refractivity contribution in [2.75, 3.05) is 0 Å². The summed E-state index contributed by atoms with van der Waals surface area (Å²) >= 11 is 0. The van der Waals surface area contributed by atoms with Crippen LogP contribution in [0.2, 0.25) is 0 Å². The van der Waals surface area contributed by atoms with Crippen molar-refractivity contribution >= 4 is 5.91 Å². The molecule has 0 fully saturated rings. The second kappa shape index (κ2) is 9.27. The van der Waals surface area contributed by atoms with Gasteiger partial charge in [0.05, 0.1) is 6.10 Å². The van der Waals surface area contributed by atoms with Gasteiger partial charge in [-0.05, 0) is 63.4 Å². The van der Waals surface area contributed by atoms with Crippen molar-refractivity contribution in [3.05, 3.63) is 59.2 Å². The quantitative estimate of drug-likeness (QED) is 0.755. The van der Waals surface area contributed by atoms with Gasteiger partial charge in [0.2, 0.25) is 0 Å². The molecule has 0 radical (unpaired) electrons. The number of carbonyl (C=O) groups excluding carboxylic acids is 1. The van der Waals surface area contributed by atoms with E-state index in [9.17, 15) is 4.79 Å². The molecule has 2 rings (SSSR count). The van der Waals surface area contributed by atoms with E-state index < -0.39 is 6.10 Å². The van der Waals surface area contributed by atoms with E-state index >= 15 is 0 Å². The molecule has 4 heteroatoms. The van der Waals surface area contributed by atoms with Crippen molar-refractivity contribution in [2.45, 2.75) is 59.8 Å². The van der Waals surface area contributed by atoms with Crippen molar-refractivity contribution in [1.82, 2.24) is 5.32 Å². The summed E-state index contributed by atoms with van der Waals surface area (Å²) in [5, 5.41) is 2.96. The number of amides is 1. The first kappa shape index (κ1) is 19.8. The van der Waals surface area contributed by atoms with E-state index in [4.69, 9.17) is 9.47 Å². The molecule has 0 spiro atoms. The minimum atomic E-state index is -0.500. The Balaban J connectivity index is 1.92. The Kier molecular flexibility index (Phi) is 7.07. The van der Waals surface area contributed by atoms with E-state index in [2.05, 4.69) is 11.4 Å². The van der Waals surface area contributed by atoms with Gasteiger partial charge in [0.15, 0.2) is 6.10 Å². The molecule has 0 aliphatic carbocycles. The number of hydrogen-bond acceptors (Lipinski definition) is 3. The fraction of sp³-hybridized carbons (Fsp3) is 0.409. The Bertz CT molecular complexity index is 723. The second-order valence-electron chi connectivity index (χ2n) is 6.81. The lowest BCUT2D eigenvalue weighted by atomic mass is 10.1. The zero-order valence-electron chi connectivity index (χ0n) is 16.3. The minimum Gasteiger partial charge on any atom is -0.491 e. The summed E-state index contributed by atoms with van der Waals surface area (Å²) < 4.78 is 11.6. The number of rotatable bonds is 8. The normalized spacial score (nSPS) is 11.9. The molecule has 4 nitrogen and oxygen atoms in total. The highest BCUT2D eigenvalue weighted by molar-refractivity contribution is 5.81. The molecule has 0 bridgehead atoms. The first-order valence-corrected chi connectivity index (χ1v) is 9.16. The summed E-state index contributed by atoms with van der Waals surface area (Å²) in [5.41, 5.74) is 3.24. The Labute approximate surface area is 156 Å². The smallest absolute Gasteiger partial charge is 0.261 e. The van der Waals surface area contributed by atoms with Crippen LogP contribution in [0.25, 0.3) is 0 Å². The van der Waals surface area contributed by atoms with Crippen LogP contribution >= 0.6 is 0 Å². The maximum Gasteiger partial charge on any atom is 0.261 e. The summed E-state index contributed by atoms with van der Waals surface area (Å²) in [6.45, 7) is 10.4. The van der Waals surface area contributed by atoms with Crippen LogP contribution in [0.3, 0.4) is 0 Å². The third-order valence-corrected chi connectivity index (χ3v) is 4.02.